The number of rotatable bonds is 2. The van der Waals surface area contributed by atoms with Crippen LogP contribution in [-0.2, 0) is 0 Å². The standard InChI is InChI=1S/C14H15Cl2NS/c1-7-4-9(3)10(5-8(7)2)13(17)11-6-12(15)18-14(11)16/h4-6,13H,17H2,1-3H3. The van der Waals surface area contributed by atoms with Crippen LogP contribution in [0.3, 0.4) is 0 Å². The molecule has 0 saturated heterocycles. The van der Waals surface area contributed by atoms with Gasteiger partial charge in [0.15, 0.2) is 0 Å². The van der Waals surface area contributed by atoms with E-state index in [1.165, 1.54) is 28.0 Å². The first-order chi connectivity index (χ1) is 8.40. The van der Waals surface area contributed by atoms with Gasteiger partial charge in [-0.25, -0.2) is 0 Å². The molecule has 0 amide bonds. The van der Waals surface area contributed by atoms with Crippen LogP contribution >= 0.6 is 34.5 Å². The van der Waals surface area contributed by atoms with Gasteiger partial charge >= 0.3 is 0 Å². The van der Waals surface area contributed by atoms with Gasteiger partial charge in [-0.3, -0.25) is 0 Å². The van der Waals surface area contributed by atoms with Crippen molar-refractivity contribution < 1.29 is 0 Å². The summed E-state index contributed by atoms with van der Waals surface area (Å²) in [7, 11) is 0. The van der Waals surface area contributed by atoms with E-state index in [1.54, 1.807) is 0 Å². The topological polar surface area (TPSA) is 26.0 Å². The van der Waals surface area contributed by atoms with Gasteiger partial charge in [0.1, 0.15) is 0 Å². The lowest BCUT2D eigenvalue weighted by molar-refractivity contribution is 0.863. The van der Waals surface area contributed by atoms with Gasteiger partial charge in [-0.2, -0.15) is 0 Å². The van der Waals surface area contributed by atoms with Crippen molar-refractivity contribution in [1.29, 1.82) is 0 Å². The number of aryl methyl sites for hydroxylation is 3. The summed E-state index contributed by atoms with van der Waals surface area (Å²) in [6.45, 7) is 6.27. The number of hydrogen-bond acceptors (Lipinski definition) is 2. The highest BCUT2D eigenvalue weighted by atomic mass is 35.5. The van der Waals surface area contributed by atoms with Crippen LogP contribution in [0.25, 0.3) is 0 Å². The molecule has 1 aromatic heterocycles. The molecule has 0 aliphatic carbocycles. The van der Waals surface area contributed by atoms with Crippen molar-refractivity contribution in [2.75, 3.05) is 0 Å². The van der Waals surface area contributed by atoms with Crippen molar-refractivity contribution in [1.82, 2.24) is 0 Å². The minimum atomic E-state index is -0.222. The second-order valence-electron chi connectivity index (χ2n) is 4.55. The summed E-state index contributed by atoms with van der Waals surface area (Å²) >= 11 is 13.5. The summed E-state index contributed by atoms with van der Waals surface area (Å²) in [4.78, 5) is 0. The molecule has 0 saturated carbocycles. The lowest BCUT2D eigenvalue weighted by Crippen LogP contribution is -2.13. The quantitative estimate of drug-likeness (QED) is 0.827. The zero-order chi connectivity index (χ0) is 13.4. The lowest BCUT2D eigenvalue weighted by atomic mass is 9.93. The van der Waals surface area contributed by atoms with E-state index in [2.05, 4.69) is 32.9 Å². The van der Waals surface area contributed by atoms with Gasteiger partial charge in [-0.05, 0) is 49.1 Å². The normalized spacial score (nSPS) is 12.8. The van der Waals surface area contributed by atoms with Gasteiger partial charge in [-0.1, -0.05) is 35.3 Å². The molecule has 1 heterocycles. The molecule has 1 nitrogen and oxygen atoms in total. The Labute approximate surface area is 122 Å². The van der Waals surface area contributed by atoms with E-state index in [4.69, 9.17) is 28.9 Å². The van der Waals surface area contributed by atoms with Crippen LogP contribution in [0.2, 0.25) is 8.67 Å². The van der Waals surface area contributed by atoms with Gasteiger partial charge in [0.05, 0.1) is 14.7 Å². The molecule has 18 heavy (non-hydrogen) atoms. The van der Waals surface area contributed by atoms with Crippen LogP contribution in [-0.4, -0.2) is 0 Å². The summed E-state index contributed by atoms with van der Waals surface area (Å²) in [5.41, 5.74) is 12.0. The lowest BCUT2D eigenvalue weighted by Gasteiger charge is -2.16. The van der Waals surface area contributed by atoms with Crippen molar-refractivity contribution >= 4 is 34.5 Å². The van der Waals surface area contributed by atoms with E-state index in [0.29, 0.717) is 8.67 Å². The van der Waals surface area contributed by atoms with Crippen LogP contribution in [0, 0.1) is 20.8 Å². The zero-order valence-corrected chi connectivity index (χ0v) is 12.9. The Kier molecular flexibility index (Phi) is 4.02. The number of hydrogen-bond donors (Lipinski definition) is 1. The summed E-state index contributed by atoms with van der Waals surface area (Å²) in [5, 5.41) is 0. The van der Waals surface area contributed by atoms with Crippen LogP contribution in [0.5, 0.6) is 0 Å². The van der Waals surface area contributed by atoms with Gasteiger partial charge in [0.25, 0.3) is 0 Å². The molecule has 2 rings (SSSR count). The predicted octanol–water partition coefficient (Wildman–Crippen LogP) is 5.03. The van der Waals surface area contributed by atoms with Crippen LogP contribution < -0.4 is 5.73 Å². The molecule has 1 unspecified atom stereocenters. The molecule has 0 bridgehead atoms. The molecule has 1 atom stereocenters. The largest absolute Gasteiger partial charge is 0.320 e. The monoisotopic (exact) mass is 299 g/mol. The smallest absolute Gasteiger partial charge is 0.0995 e. The fourth-order valence-corrected chi connectivity index (χ4v) is 3.60. The molecule has 0 spiro atoms. The van der Waals surface area contributed by atoms with E-state index in [9.17, 15) is 0 Å². The van der Waals surface area contributed by atoms with Crippen LogP contribution in [0.4, 0.5) is 0 Å². The summed E-state index contributed by atoms with van der Waals surface area (Å²) in [5.74, 6) is 0. The number of benzene rings is 1. The van der Waals surface area contributed by atoms with E-state index in [-0.39, 0.29) is 6.04 Å². The highest BCUT2D eigenvalue weighted by molar-refractivity contribution is 7.20. The first-order valence-electron chi connectivity index (χ1n) is 5.68. The van der Waals surface area contributed by atoms with Crippen molar-refractivity contribution in [3.8, 4) is 0 Å². The Morgan fingerprint density at radius 2 is 1.56 bits per heavy atom. The van der Waals surface area contributed by atoms with Crippen molar-refractivity contribution in [3.05, 3.63) is 54.7 Å². The zero-order valence-electron chi connectivity index (χ0n) is 10.6. The third kappa shape index (κ3) is 2.57. The minimum absolute atomic E-state index is 0.222. The van der Waals surface area contributed by atoms with Crippen molar-refractivity contribution in [3.63, 3.8) is 0 Å². The SMILES string of the molecule is Cc1cc(C)c(C(N)c2cc(Cl)sc2Cl)cc1C. The Hall–Kier alpha value is -0.540. The summed E-state index contributed by atoms with van der Waals surface area (Å²) in [6.07, 6.45) is 0. The molecule has 4 heteroatoms. The fourth-order valence-electron chi connectivity index (χ4n) is 2.05. The summed E-state index contributed by atoms with van der Waals surface area (Å²) < 4.78 is 1.34. The van der Waals surface area contributed by atoms with Crippen LogP contribution in [0.15, 0.2) is 18.2 Å². The Balaban J connectivity index is 2.49. The predicted molar refractivity (Wildman–Crippen MR) is 81.0 cm³/mol. The molecule has 0 radical (unpaired) electrons. The van der Waals surface area contributed by atoms with E-state index < -0.39 is 0 Å². The second kappa shape index (κ2) is 5.22. The molecular formula is C14H15Cl2NS. The molecule has 0 aliphatic rings. The number of thiophene rings is 1. The molecule has 0 fully saturated rings. The maximum Gasteiger partial charge on any atom is 0.0995 e. The average molecular weight is 300 g/mol. The van der Waals surface area contributed by atoms with Gasteiger partial charge in [0, 0.05) is 5.56 Å². The fraction of sp³-hybridized carbons (Fsp3) is 0.286. The highest BCUT2D eigenvalue weighted by Crippen LogP contribution is 2.37. The molecule has 1 aromatic carbocycles. The first kappa shape index (κ1) is 13.9. The summed E-state index contributed by atoms with van der Waals surface area (Å²) in [6, 6.07) is 5.93. The van der Waals surface area contributed by atoms with Gasteiger partial charge < -0.3 is 5.73 Å². The maximum absolute atomic E-state index is 6.31. The van der Waals surface area contributed by atoms with E-state index >= 15 is 0 Å². The van der Waals surface area contributed by atoms with Crippen molar-refractivity contribution in [2.45, 2.75) is 26.8 Å². The third-order valence-electron chi connectivity index (χ3n) is 3.24. The highest BCUT2D eigenvalue weighted by Gasteiger charge is 2.18. The van der Waals surface area contributed by atoms with E-state index in [0.717, 1.165) is 11.1 Å². The van der Waals surface area contributed by atoms with E-state index in [1.807, 2.05) is 6.07 Å². The Bertz CT molecular complexity index is 590. The van der Waals surface area contributed by atoms with Gasteiger partial charge in [-0.15, -0.1) is 11.3 Å². The minimum Gasteiger partial charge on any atom is -0.320 e. The second-order valence-corrected chi connectivity index (χ2v) is 6.84. The molecule has 2 aromatic rings. The number of nitrogens with two attached hydrogens (primary N) is 1. The van der Waals surface area contributed by atoms with Gasteiger partial charge in [0.2, 0.25) is 0 Å². The van der Waals surface area contributed by atoms with Crippen LogP contribution in [0.1, 0.15) is 33.9 Å². The Morgan fingerprint density at radius 1 is 0.944 bits per heavy atom. The average Bonchev–Trinajstić information content (AvgIpc) is 2.62. The molecule has 0 aliphatic heterocycles. The Morgan fingerprint density at radius 3 is 2.11 bits per heavy atom. The van der Waals surface area contributed by atoms with Crippen molar-refractivity contribution in [2.24, 2.45) is 5.73 Å². The molecular weight excluding hydrogens is 285 g/mol. The number of halogens is 2. The third-order valence-corrected chi connectivity index (χ3v) is 4.75. The molecule has 2 N–H and O–H groups in total. The molecule has 96 valence electrons. The maximum atomic E-state index is 6.31. The first-order valence-corrected chi connectivity index (χ1v) is 7.25.